The highest BCUT2D eigenvalue weighted by Gasteiger charge is 2.13. The van der Waals surface area contributed by atoms with Gasteiger partial charge in [-0.3, -0.25) is 9.36 Å². The van der Waals surface area contributed by atoms with Crippen molar-refractivity contribution in [1.82, 2.24) is 24.9 Å². The molecule has 0 aliphatic carbocycles. The molecule has 0 aromatic carbocycles. The van der Waals surface area contributed by atoms with E-state index in [1.807, 2.05) is 31.8 Å². The molecule has 0 radical (unpaired) electrons. The lowest BCUT2D eigenvalue weighted by Gasteiger charge is -2.07. The van der Waals surface area contributed by atoms with Crippen LogP contribution >= 0.6 is 11.6 Å². The summed E-state index contributed by atoms with van der Waals surface area (Å²) in [5.41, 5.74) is 3.10. The molecule has 0 fully saturated rings. The fraction of sp³-hybridized carbons (Fsp3) is 0.455. The SMILES string of the molecule is CNCc1ccnn1Cc1c(C)nn(C)c1Cl. The molecular weight excluding hydrogens is 238 g/mol. The predicted molar refractivity (Wildman–Crippen MR) is 67.0 cm³/mol. The third-order valence-electron chi connectivity index (χ3n) is 2.74. The Balaban J connectivity index is 2.28. The van der Waals surface area contributed by atoms with Crippen molar-refractivity contribution < 1.29 is 0 Å². The number of rotatable bonds is 4. The van der Waals surface area contributed by atoms with E-state index in [1.54, 1.807) is 10.9 Å². The van der Waals surface area contributed by atoms with Crippen LogP contribution < -0.4 is 5.32 Å². The minimum absolute atomic E-state index is 0.655. The molecule has 0 aliphatic rings. The molecule has 0 aliphatic heterocycles. The fourth-order valence-electron chi connectivity index (χ4n) is 1.84. The first kappa shape index (κ1) is 12.1. The second-order valence-corrected chi connectivity index (χ2v) is 4.35. The largest absolute Gasteiger partial charge is 0.314 e. The van der Waals surface area contributed by atoms with Crippen molar-refractivity contribution in [1.29, 1.82) is 0 Å². The van der Waals surface area contributed by atoms with Crippen molar-refractivity contribution in [3.05, 3.63) is 34.4 Å². The summed E-state index contributed by atoms with van der Waals surface area (Å²) in [7, 11) is 3.76. The molecule has 0 saturated carbocycles. The van der Waals surface area contributed by atoms with Gasteiger partial charge in [0.05, 0.1) is 17.9 Å². The summed E-state index contributed by atoms with van der Waals surface area (Å²) in [6.07, 6.45) is 1.80. The molecular formula is C11H16ClN5. The standard InChI is InChI=1S/C11H16ClN5/c1-8-10(11(12)16(3)15-8)7-17-9(6-13-2)4-5-14-17/h4-5,13H,6-7H2,1-3H3. The van der Waals surface area contributed by atoms with Gasteiger partial charge in [0.25, 0.3) is 0 Å². The summed E-state index contributed by atoms with van der Waals surface area (Å²) in [4.78, 5) is 0. The Bertz CT molecular complexity index is 514. The number of aryl methyl sites for hydroxylation is 2. The average Bonchev–Trinajstić information content (AvgIpc) is 2.81. The zero-order valence-corrected chi connectivity index (χ0v) is 11.0. The molecule has 92 valence electrons. The molecule has 2 rings (SSSR count). The van der Waals surface area contributed by atoms with Gasteiger partial charge in [0.2, 0.25) is 0 Å². The number of aromatic nitrogens is 4. The summed E-state index contributed by atoms with van der Waals surface area (Å²) in [5.74, 6) is 0. The van der Waals surface area contributed by atoms with Crippen molar-refractivity contribution in [3.8, 4) is 0 Å². The maximum Gasteiger partial charge on any atom is 0.132 e. The first-order valence-corrected chi connectivity index (χ1v) is 5.84. The fourth-order valence-corrected chi connectivity index (χ4v) is 2.07. The summed E-state index contributed by atoms with van der Waals surface area (Å²) in [6, 6.07) is 2.00. The number of halogens is 1. The molecule has 17 heavy (non-hydrogen) atoms. The highest BCUT2D eigenvalue weighted by atomic mass is 35.5. The quantitative estimate of drug-likeness (QED) is 0.895. The van der Waals surface area contributed by atoms with E-state index < -0.39 is 0 Å². The summed E-state index contributed by atoms with van der Waals surface area (Å²) in [6.45, 7) is 3.40. The molecule has 6 heteroatoms. The van der Waals surface area contributed by atoms with Crippen molar-refractivity contribution in [2.45, 2.75) is 20.0 Å². The average molecular weight is 254 g/mol. The van der Waals surface area contributed by atoms with E-state index in [4.69, 9.17) is 11.6 Å². The highest BCUT2D eigenvalue weighted by Crippen LogP contribution is 2.20. The summed E-state index contributed by atoms with van der Waals surface area (Å²) in [5, 5.41) is 12.4. The Kier molecular flexibility index (Phi) is 3.49. The molecule has 5 nitrogen and oxygen atoms in total. The van der Waals surface area contributed by atoms with Crippen molar-refractivity contribution in [2.24, 2.45) is 7.05 Å². The van der Waals surface area contributed by atoms with Crippen molar-refractivity contribution in [3.63, 3.8) is 0 Å². The van der Waals surface area contributed by atoms with Crippen LogP contribution in [-0.2, 0) is 20.1 Å². The van der Waals surface area contributed by atoms with Crippen LogP contribution in [0.25, 0.3) is 0 Å². The monoisotopic (exact) mass is 253 g/mol. The van der Waals surface area contributed by atoms with E-state index in [0.717, 1.165) is 23.5 Å². The first-order valence-electron chi connectivity index (χ1n) is 5.46. The van der Waals surface area contributed by atoms with Gasteiger partial charge in [0.15, 0.2) is 0 Å². The van der Waals surface area contributed by atoms with Gasteiger partial charge in [-0.2, -0.15) is 10.2 Å². The second-order valence-electron chi connectivity index (χ2n) is 3.99. The highest BCUT2D eigenvalue weighted by molar-refractivity contribution is 6.30. The van der Waals surface area contributed by atoms with Gasteiger partial charge in [-0.1, -0.05) is 11.6 Å². The Hall–Kier alpha value is -1.33. The van der Waals surface area contributed by atoms with E-state index in [1.165, 1.54) is 0 Å². The Morgan fingerprint density at radius 1 is 1.47 bits per heavy atom. The lowest BCUT2D eigenvalue weighted by Crippen LogP contribution is -2.13. The maximum absolute atomic E-state index is 6.20. The molecule has 0 spiro atoms. The van der Waals surface area contributed by atoms with Crippen LogP contribution in [-0.4, -0.2) is 26.6 Å². The summed E-state index contributed by atoms with van der Waals surface area (Å²) < 4.78 is 3.62. The molecule has 1 N–H and O–H groups in total. The van der Waals surface area contributed by atoms with Crippen LogP contribution in [0, 0.1) is 6.92 Å². The molecule has 2 aromatic rings. The Labute approximate surface area is 105 Å². The molecule has 0 amide bonds. The van der Waals surface area contributed by atoms with Crippen LogP contribution in [0.1, 0.15) is 17.0 Å². The molecule has 2 heterocycles. The predicted octanol–water partition coefficient (Wildman–Crippen LogP) is 1.35. The molecule has 0 atom stereocenters. The Morgan fingerprint density at radius 2 is 2.24 bits per heavy atom. The zero-order valence-electron chi connectivity index (χ0n) is 10.2. The third kappa shape index (κ3) is 2.35. The smallest absolute Gasteiger partial charge is 0.132 e. The first-order chi connectivity index (χ1) is 8.13. The van der Waals surface area contributed by atoms with Gasteiger partial charge < -0.3 is 5.32 Å². The lowest BCUT2D eigenvalue weighted by atomic mass is 10.2. The van der Waals surface area contributed by atoms with E-state index in [-0.39, 0.29) is 0 Å². The number of nitrogens with one attached hydrogen (secondary N) is 1. The number of nitrogens with zero attached hydrogens (tertiary/aromatic N) is 4. The van der Waals surface area contributed by atoms with Crippen LogP contribution in [0.5, 0.6) is 0 Å². The minimum atomic E-state index is 0.655. The van der Waals surface area contributed by atoms with E-state index in [0.29, 0.717) is 11.7 Å². The molecule has 0 unspecified atom stereocenters. The number of hydrogen-bond acceptors (Lipinski definition) is 3. The van der Waals surface area contributed by atoms with Gasteiger partial charge in [-0.25, -0.2) is 0 Å². The Morgan fingerprint density at radius 3 is 2.82 bits per heavy atom. The summed E-state index contributed by atoms with van der Waals surface area (Å²) >= 11 is 6.20. The topological polar surface area (TPSA) is 47.7 Å². The van der Waals surface area contributed by atoms with Crippen LogP contribution in [0.2, 0.25) is 5.15 Å². The number of hydrogen-bond donors (Lipinski definition) is 1. The normalized spacial score (nSPS) is 11.1. The van der Waals surface area contributed by atoms with Crippen LogP contribution in [0.3, 0.4) is 0 Å². The van der Waals surface area contributed by atoms with Gasteiger partial charge in [-0.15, -0.1) is 0 Å². The van der Waals surface area contributed by atoms with Crippen LogP contribution in [0.15, 0.2) is 12.3 Å². The maximum atomic E-state index is 6.20. The second kappa shape index (κ2) is 4.89. The third-order valence-corrected chi connectivity index (χ3v) is 3.21. The van der Waals surface area contributed by atoms with Crippen LogP contribution in [0.4, 0.5) is 0 Å². The van der Waals surface area contributed by atoms with E-state index in [9.17, 15) is 0 Å². The molecule has 0 bridgehead atoms. The van der Waals surface area contributed by atoms with Gasteiger partial charge in [0.1, 0.15) is 5.15 Å². The van der Waals surface area contributed by atoms with Gasteiger partial charge >= 0.3 is 0 Å². The minimum Gasteiger partial charge on any atom is -0.314 e. The van der Waals surface area contributed by atoms with E-state index >= 15 is 0 Å². The van der Waals surface area contributed by atoms with E-state index in [2.05, 4.69) is 15.5 Å². The van der Waals surface area contributed by atoms with Gasteiger partial charge in [0, 0.05) is 25.4 Å². The zero-order chi connectivity index (χ0) is 12.4. The molecule has 2 aromatic heterocycles. The van der Waals surface area contributed by atoms with Crippen molar-refractivity contribution >= 4 is 11.6 Å². The lowest BCUT2D eigenvalue weighted by molar-refractivity contribution is 0.620. The van der Waals surface area contributed by atoms with Gasteiger partial charge in [-0.05, 0) is 20.0 Å². The van der Waals surface area contributed by atoms with Crippen molar-refractivity contribution in [2.75, 3.05) is 7.05 Å². The molecule has 0 saturated heterocycles.